The van der Waals surface area contributed by atoms with Crippen LogP contribution in [-0.2, 0) is 6.54 Å². The highest BCUT2D eigenvalue weighted by atomic mass is 79.9. The second-order valence-corrected chi connectivity index (χ2v) is 7.64. The maximum atomic E-state index is 4.74. The lowest BCUT2D eigenvalue weighted by molar-refractivity contribution is 0.170. The molecule has 24 heavy (non-hydrogen) atoms. The van der Waals surface area contributed by atoms with E-state index in [1.807, 2.05) is 12.3 Å². The van der Waals surface area contributed by atoms with E-state index in [0.29, 0.717) is 6.04 Å². The molecule has 5 nitrogen and oxygen atoms in total. The van der Waals surface area contributed by atoms with Crippen LogP contribution in [0.3, 0.4) is 0 Å². The Balaban J connectivity index is 1.41. The first kappa shape index (κ1) is 15.8. The average molecular weight is 388 g/mol. The quantitative estimate of drug-likeness (QED) is 0.686. The molecule has 126 valence electrons. The number of imidazole rings is 1. The molecule has 0 saturated carbocycles. The highest BCUT2D eigenvalue weighted by molar-refractivity contribution is 9.10. The third-order valence-electron chi connectivity index (χ3n) is 4.81. The van der Waals surface area contributed by atoms with Crippen LogP contribution in [0.1, 0.15) is 36.0 Å². The molecule has 1 aliphatic heterocycles. The Labute approximate surface area is 150 Å². The van der Waals surface area contributed by atoms with Crippen LogP contribution in [0.5, 0.6) is 0 Å². The summed E-state index contributed by atoms with van der Waals surface area (Å²) in [5.74, 6) is 0. The van der Waals surface area contributed by atoms with E-state index < -0.39 is 0 Å². The molecule has 0 amide bonds. The van der Waals surface area contributed by atoms with Crippen molar-refractivity contribution < 1.29 is 0 Å². The Kier molecular flexibility index (Phi) is 4.18. The fraction of sp³-hybridized carbons (Fsp3) is 0.444. The molecule has 0 atom stereocenters. The van der Waals surface area contributed by atoms with E-state index >= 15 is 0 Å². The molecule has 6 heteroatoms. The molecular formula is C18H22BrN5. The van der Waals surface area contributed by atoms with Crippen molar-refractivity contribution in [3.63, 3.8) is 0 Å². The summed E-state index contributed by atoms with van der Waals surface area (Å²) in [5, 5.41) is 4.66. The summed E-state index contributed by atoms with van der Waals surface area (Å²) < 4.78 is 5.37. The number of aromatic nitrogens is 4. The van der Waals surface area contributed by atoms with E-state index in [9.17, 15) is 0 Å². The van der Waals surface area contributed by atoms with Crippen LogP contribution < -0.4 is 0 Å². The third-order valence-corrected chi connectivity index (χ3v) is 5.30. The fourth-order valence-electron chi connectivity index (χ4n) is 3.65. The first-order chi connectivity index (χ1) is 11.6. The summed E-state index contributed by atoms with van der Waals surface area (Å²) in [6, 6.07) is 6.80. The first-order valence-electron chi connectivity index (χ1n) is 8.47. The van der Waals surface area contributed by atoms with E-state index in [2.05, 4.69) is 67.2 Å². The van der Waals surface area contributed by atoms with E-state index in [4.69, 9.17) is 4.98 Å². The number of rotatable bonds is 3. The summed E-state index contributed by atoms with van der Waals surface area (Å²) in [7, 11) is 0. The van der Waals surface area contributed by atoms with Gasteiger partial charge in [-0.1, -0.05) is 15.9 Å². The van der Waals surface area contributed by atoms with Crippen molar-refractivity contribution in [3.05, 3.63) is 52.1 Å². The standard InChI is InChI=1S/C18H22BrN5/c1-13-9-14(2)24(21-13)17-4-6-22(7-5-17)11-16-12-23-8-3-15(19)10-18(23)20-16/h3,8-10,12,17H,4-7,11H2,1-2H3. The van der Waals surface area contributed by atoms with Gasteiger partial charge in [-0.3, -0.25) is 9.58 Å². The highest BCUT2D eigenvalue weighted by Gasteiger charge is 2.22. The molecule has 0 radical (unpaired) electrons. The minimum Gasteiger partial charge on any atom is -0.307 e. The molecule has 4 rings (SSSR count). The zero-order valence-electron chi connectivity index (χ0n) is 14.1. The van der Waals surface area contributed by atoms with Crippen LogP contribution in [0, 0.1) is 13.8 Å². The van der Waals surface area contributed by atoms with Crippen molar-refractivity contribution in [3.8, 4) is 0 Å². The predicted octanol–water partition coefficient (Wildman–Crippen LogP) is 3.75. The summed E-state index contributed by atoms with van der Waals surface area (Å²) in [6.45, 7) is 7.34. The van der Waals surface area contributed by atoms with Crippen LogP contribution in [0.15, 0.2) is 35.1 Å². The van der Waals surface area contributed by atoms with Crippen molar-refractivity contribution in [2.45, 2.75) is 39.3 Å². The molecule has 1 aliphatic rings. The molecule has 0 N–H and O–H groups in total. The molecule has 4 heterocycles. The lowest BCUT2D eigenvalue weighted by Gasteiger charge is -2.32. The number of aryl methyl sites for hydroxylation is 2. The molecule has 0 aliphatic carbocycles. The second-order valence-electron chi connectivity index (χ2n) is 6.72. The van der Waals surface area contributed by atoms with Gasteiger partial charge in [-0.15, -0.1) is 0 Å². The normalized spacial score (nSPS) is 17.0. The Morgan fingerprint density at radius 1 is 1.21 bits per heavy atom. The second kappa shape index (κ2) is 6.33. The molecular weight excluding hydrogens is 366 g/mol. The van der Waals surface area contributed by atoms with Gasteiger partial charge in [-0.05, 0) is 44.9 Å². The summed E-state index contributed by atoms with van der Waals surface area (Å²) in [5.41, 5.74) is 4.53. The van der Waals surface area contributed by atoms with Crippen LogP contribution in [0.4, 0.5) is 0 Å². The lowest BCUT2D eigenvalue weighted by Crippen LogP contribution is -2.34. The zero-order chi connectivity index (χ0) is 16.7. The van der Waals surface area contributed by atoms with Crippen molar-refractivity contribution >= 4 is 21.6 Å². The van der Waals surface area contributed by atoms with E-state index in [1.54, 1.807) is 0 Å². The summed E-state index contributed by atoms with van der Waals surface area (Å²) in [6.07, 6.45) is 6.49. The lowest BCUT2D eigenvalue weighted by atomic mass is 10.0. The topological polar surface area (TPSA) is 38.4 Å². The highest BCUT2D eigenvalue weighted by Crippen LogP contribution is 2.25. The van der Waals surface area contributed by atoms with Crippen LogP contribution >= 0.6 is 15.9 Å². The van der Waals surface area contributed by atoms with Gasteiger partial charge < -0.3 is 4.40 Å². The first-order valence-corrected chi connectivity index (χ1v) is 9.26. The molecule has 0 bridgehead atoms. The minimum absolute atomic E-state index is 0.534. The number of pyridine rings is 1. The number of nitrogens with zero attached hydrogens (tertiary/aromatic N) is 5. The van der Waals surface area contributed by atoms with Gasteiger partial charge in [-0.2, -0.15) is 5.10 Å². The Hall–Kier alpha value is -1.66. The molecule has 0 spiro atoms. The molecule has 1 saturated heterocycles. The van der Waals surface area contributed by atoms with Crippen LogP contribution in [0.2, 0.25) is 0 Å². The van der Waals surface area contributed by atoms with Gasteiger partial charge in [-0.25, -0.2) is 4.98 Å². The number of piperidine rings is 1. The molecule has 0 unspecified atom stereocenters. The van der Waals surface area contributed by atoms with Gasteiger partial charge in [0.2, 0.25) is 0 Å². The third kappa shape index (κ3) is 3.13. The van der Waals surface area contributed by atoms with Gasteiger partial charge in [0, 0.05) is 42.2 Å². The van der Waals surface area contributed by atoms with Gasteiger partial charge in [0.25, 0.3) is 0 Å². The van der Waals surface area contributed by atoms with E-state index in [1.165, 1.54) is 5.69 Å². The monoisotopic (exact) mass is 387 g/mol. The van der Waals surface area contributed by atoms with E-state index in [-0.39, 0.29) is 0 Å². The fourth-order valence-corrected chi connectivity index (χ4v) is 3.98. The maximum Gasteiger partial charge on any atom is 0.138 e. The Bertz CT molecular complexity index is 858. The maximum absolute atomic E-state index is 4.74. The van der Waals surface area contributed by atoms with E-state index in [0.717, 1.165) is 54.0 Å². The van der Waals surface area contributed by atoms with Crippen LogP contribution in [0.25, 0.3) is 5.65 Å². The number of halogens is 1. The van der Waals surface area contributed by atoms with Crippen molar-refractivity contribution in [1.29, 1.82) is 0 Å². The number of hydrogen-bond acceptors (Lipinski definition) is 3. The van der Waals surface area contributed by atoms with Gasteiger partial charge >= 0.3 is 0 Å². The van der Waals surface area contributed by atoms with Gasteiger partial charge in [0.05, 0.1) is 17.4 Å². The minimum atomic E-state index is 0.534. The molecule has 1 fully saturated rings. The number of hydrogen-bond donors (Lipinski definition) is 0. The molecule has 3 aromatic rings. The summed E-state index contributed by atoms with van der Waals surface area (Å²) >= 11 is 3.50. The van der Waals surface area contributed by atoms with Crippen molar-refractivity contribution in [2.24, 2.45) is 0 Å². The zero-order valence-corrected chi connectivity index (χ0v) is 15.7. The SMILES string of the molecule is Cc1cc(C)n(C2CCN(Cc3cn4ccc(Br)cc4n3)CC2)n1. The Morgan fingerprint density at radius 2 is 2.00 bits per heavy atom. The average Bonchev–Trinajstić information content (AvgIpc) is 3.09. The smallest absolute Gasteiger partial charge is 0.138 e. The molecule has 0 aromatic carbocycles. The number of fused-ring (bicyclic) bond motifs is 1. The summed E-state index contributed by atoms with van der Waals surface area (Å²) in [4.78, 5) is 7.24. The molecule has 3 aromatic heterocycles. The Morgan fingerprint density at radius 3 is 2.71 bits per heavy atom. The van der Waals surface area contributed by atoms with Gasteiger partial charge in [0.1, 0.15) is 5.65 Å². The van der Waals surface area contributed by atoms with Crippen molar-refractivity contribution in [2.75, 3.05) is 13.1 Å². The van der Waals surface area contributed by atoms with Crippen molar-refractivity contribution in [1.82, 2.24) is 24.1 Å². The predicted molar refractivity (Wildman–Crippen MR) is 98.1 cm³/mol. The number of likely N-dealkylation sites (tertiary alicyclic amines) is 1. The van der Waals surface area contributed by atoms with Gasteiger partial charge in [0.15, 0.2) is 0 Å². The van der Waals surface area contributed by atoms with Crippen LogP contribution in [-0.4, -0.2) is 37.2 Å². The largest absolute Gasteiger partial charge is 0.307 e.